The number of hydrogen-bond acceptors (Lipinski definition) is 7. The summed E-state index contributed by atoms with van der Waals surface area (Å²) in [6.45, 7) is 1.72. The molecule has 1 saturated heterocycles. The normalized spacial score (nSPS) is 29.0. The minimum atomic E-state index is -1.10. The number of nitrogens with zero attached hydrogens (tertiary/aromatic N) is 4. The second kappa shape index (κ2) is 4.18. The second-order valence-corrected chi connectivity index (χ2v) is 4.22. The van der Waals surface area contributed by atoms with Crippen LogP contribution < -0.4 is 5.73 Å². The smallest absolute Gasteiger partial charge is 0.207 e. The Hall–Kier alpha value is -2.19. The third kappa shape index (κ3) is 1.65. The first-order chi connectivity index (χ1) is 9.13. The van der Waals surface area contributed by atoms with E-state index in [9.17, 15) is 10.2 Å². The zero-order valence-electron chi connectivity index (χ0n) is 10.1. The molecule has 1 aliphatic rings. The molecule has 0 bridgehead atoms. The van der Waals surface area contributed by atoms with Crippen LogP contribution in [0.4, 0.5) is 5.82 Å². The number of rotatable bonds is 1. The van der Waals surface area contributed by atoms with Gasteiger partial charge in [0.05, 0.1) is 0 Å². The maximum Gasteiger partial charge on any atom is 0.207 e. The van der Waals surface area contributed by atoms with E-state index in [1.54, 1.807) is 13.0 Å². The Labute approximate surface area is 108 Å². The first kappa shape index (κ1) is 11.9. The molecule has 0 aromatic carbocycles. The summed E-state index contributed by atoms with van der Waals surface area (Å²) in [5.41, 5.74) is 6.57. The van der Waals surface area contributed by atoms with E-state index in [1.807, 2.05) is 0 Å². The van der Waals surface area contributed by atoms with Crippen molar-refractivity contribution in [3.8, 4) is 0 Å². The van der Waals surface area contributed by atoms with Gasteiger partial charge in [-0.15, -0.1) is 0 Å². The van der Waals surface area contributed by atoms with Crippen LogP contribution in [0, 0.1) is 0 Å². The third-order valence-electron chi connectivity index (χ3n) is 3.11. The quantitative estimate of drug-likeness (QED) is 0.638. The van der Waals surface area contributed by atoms with Gasteiger partial charge in [0.25, 0.3) is 0 Å². The van der Waals surface area contributed by atoms with Gasteiger partial charge in [-0.05, 0) is 13.0 Å². The molecule has 0 aliphatic carbocycles. The Morgan fingerprint density at radius 3 is 2.84 bits per heavy atom. The molecule has 3 heterocycles. The number of imidazole rings is 1. The zero-order chi connectivity index (χ0) is 13.6. The van der Waals surface area contributed by atoms with E-state index >= 15 is 0 Å². The van der Waals surface area contributed by atoms with E-state index in [2.05, 4.69) is 15.0 Å². The predicted octanol–water partition coefficient (Wildman–Crippen LogP) is -0.437. The van der Waals surface area contributed by atoms with Gasteiger partial charge in [0.15, 0.2) is 11.5 Å². The molecule has 1 aliphatic heterocycles. The van der Waals surface area contributed by atoms with E-state index in [-0.39, 0.29) is 5.82 Å². The molecule has 2 aromatic rings. The van der Waals surface area contributed by atoms with Crippen molar-refractivity contribution in [2.75, 3.05) is 5.73 Å². The van der Waals surface area contributed by atoms with Crippen LogP contribution in [-0.4, -0.2) is 41.9 Å². The van der Waals surface area contributed by atoms with Gasteiger partial charge in [-0.3, -0.25) is 4.57 Å². The summed E-state index contributed by atoms with van der Waals surface area (Å²) >= 11 is 0. The van der Waals surface area contributed by atoms with Gasteiger partial charge in [-0.2, -0.15) is 0 Å². The molecule has 0 saturated carbocycles. The molecular formula is C11H13N5O3. The topological polar surface area (TPSA) is 119 Å². The van der Waals surface area contributed by atoms with Crippen molar-refractivity contribution in [3.05, 3.63) is 24.5 Å². The number of aromatic nitrogens is 4. The van der Waals surface area contributed by atoms with Crippen LogP contribution in [0.5, 0.6) is 0 Å². The first-order valence-electron chi connectivity index (χ1n) is 5.75. The van der Waals surface area contributed by atoms with Crippen LogP contribution in [0.1, 0.15) is 13.2 Å². The molecule has 0 unspecified atom stereocenters. The van der Waals surface area contributed by atoms with Crippen molar-refractivity contribution in [1.82, 2.24) is 19.5 Å². The molecule has 3 rings (SSSR count). The average Bonchev–Trinajstić information content (AvgIpc) is 2.94. The van der Waals surface area contributed by atoms with Gasteiger partial charge in [0.1, 0.15) is 36.1 Å². The molecule has 4 N–H and O–H groups in total. The fourth-order valence-electron chi connectivity index (χ4n) is 2.12. The molecule has 0 radical (unpaired) electrons. The third-order valence-corrected chi connectivity index (χ3v) is 3.11. The van der Waals surface area contributed by atoms with Gasteiger partial charge in [0.2, 0.25) is 6.23 Å². The zero-order valence-corrected chi connectivity index (χ0v) is 10.1. The maximum atomic E-state index is 10.0. The van der Waals surface area contributed by atoms with Crippen LogP contribution in [-0.2, 0) is 4.74 Å². The maximum absolute atomic E-state index is 10.0. The number of anilines is 1. The van der Waals surface area contributed by atoms with Crippen molar-refractivity contribution in [1.29, 1.82) is 0 Å². The number of nitrogens with two attached hydrogens (primary N) is 1. The number of aliphatic hydroxyl groups is 2. The Morgan fingerprint density at radius 1 is 1.37 bits per heavy atom. The lowest BCUT2D eigenvalue weighted by Crippen LogP contribution is -2.27. The summed E-state index contributed by atoms with van der Waals surface area (Å²) < 4.78 is 7.04. The van der Waals surface area contributed by atoms with E-state index in [1.165, 1.54) is 17.2 Å². The molecule has 1 fully saturated rings. The van der Waals surface area contributed by atoms with Gasteiger partial charge in [-0.1, -0.05) is 0 Å². The Bertz CT molecular complexity index is 653. The van der Waals surface area contributed by atoms with Crippen LogP contribution >= 0.6 is 0 Å². The van der Waals surface area contributed by atoms with Crippen LogP contribution in [0.3, 0.4) is 0 Å². The molecule has 2 aromatic heterocycles. The Balaban J connectivity index is 2.09. The lowest BCUT2D eigenvalue weighted by molar-refractivity contribution is -0.0118. The molecule has 3 atom stereocenters. The number of allylic oxidation sites excluding steroid dienone is 1. The van der Waals surface area contributed by atoms with Gasteiger partial charge in [0, 0.05) is 0 Å². The lowest BCUT2D eigenvalue weighted by Gasteiger charge is -2.15. The number of nitrogen functional groups attached to an aromatic ring is 1. The Kier molecular flexibility index (Phi) is 2.61. The lowest BCUT2D eigenvalue weighted by atomic mass is 10.2. The van der Waals surface area contributed by atoms with Crippen molar-refractivity contribution < 1.29 is 14.9 Å². The monoisotopic (exact) mass is 263 g/mol. The summed E-state index contributed by atoms with van der Waals surface area (Å²) in [6, 6.07) is 0. The van der Waals surface area contributed by atoms with Gasteiger partial charge < -0.3 is 20.7 Å². The minimum Gasteiger partial charge on any atom is -0.469 e. The standard InChI is InChI=1S/C11H13N5O3/c1-2-5-7(17)8(18)11(19-5)16-4-15-6-9(12)13-3-14-10(6)16/h2-4,7-8,11,17-18H,1H3,(H2,12,13,14)/b5-2-/t7-,8+,11-/m0/s1. The summed E-state index contributed by atoms with van der Waals surface area (Å²) in [5, 5.41) is 19.8. The fourth-order valence-corrected chi connectivity index (χ4v) is 2.12. The van der Waals surface area contributed by atoms with Gasteiger partial charge >= 0.3 is 0 Å². The summed E-state index contributed by atoms with van der Waals surface area (Å²) in [4.78, 5) is 12.0. The Morgan fingerprint density at radius 2 is 2.16 bits per heavy atom. The SMILES string of the molecule is C/C=C1\O[C@H](n2cnc3c(N)ncnc32)[C@H](O)[C@H]1O. The minimum absolute atomic E-state index is 0.253. The van der Waals surface area contributed by atoms with E-state index in [0.29, 0.717) is 16.9 Å². The summed E-state index contributed by atoms with van der Waals surface area (Å²) in [5.74, 6) is 0.574. The van der Waals surface area contributed by atoms with E-state index in [0.717, 1.165) is 0 Å². The summed E-state index contributed by atoms with van der Waals surface area (Å²) in [7, 11) is 0. The number of hydrogen-bond donors (Lipinski definition) is 3. The average molecular weight is 263 g/mol. The van der Waals surface area contributed by atoms with E-state index < -0.39 is 18.4 Å². The number of ether oxygens (including phenoxy) is 1. The van der Waals surface area contributed by atoms with Crippen LogP contribution in [0.15, 0.2) is 24.5 Å². The number of aliphatic hydroxyl groups excluding tert-OH is 2. The first-order valence-corrected chi connectivity index (χ1v) is 5.75. The predicted molar refractivity (Wildman–Crippen MR) is 65.6 cm³/mol. The highest BCUT2D eigenvalue weighted by Crippen LogP contribution is 2.33. The van der Waals surface area contributed by atoms with Crippen molar-refractivity contribution in [2.45, 2.75) is 25.4 Å². The van der Waals surface area contributed by atoms with E-state index in [4.69, 9.17) is 10.5 Å². The van der Waals surface area contributed by atoms with Crippen molar-refractivity contribution in [3.63, 3.8) is 0 Å². The van der Waals surface area contributed by atoms with Crippen LogP contribution in [0.25, 0.3) is 11.2 Å². The molecule has 8 heteroatoms. The molecule has 8 nitrogen and oxygen atoms in total. The largest absolute Gasteiger partial charge is 0.469 e. The summed E-state index contributed by atoms with van der Waals surface area (Å²) in [6.07, 6.45) is 1.42. The molecular weight excluding hydrogens is 250 g/mol. The molecule has 0 spiro atoms. The molecule has 0 amide bonds. The molecule has 19 heavy (non-hydrogen) atoms. The second-order valence-electron chi connectivity index (χ2n) is 4.22. The van der Waals surface area contributed by atoms with Gasteiger partial charge in [-0.25, -0.2) is 15.0 Å². The number of fused-ring (bicyclic) bond motifs is 1. The highest BCUT2D eigenvalue weighted by Gasteiger charge is 2.41. The highest BCUT2D eigenvalue weighted by atomic mass is 16.5. The highest BCUT2D eigenvalue weighted by molar-refractivity contribution is 5.81. The van der Waals surface area contributed by atoms with Crippen LogP contribution in [0.2, 0.25) is 0 Å². The van der Waals surface area contributed by atoms with Crippen molar-refractivity contribution in [2.24, 2.45) is 0 Å². The van der Waals surface area contributed by atoms with Crippen molar-refractivity contribution >= 4 is 17.0 Å². The molecule has 100 valence electrons. The fraction of sp³-hybridized carbons (Fsp3) is 0.364.